The van der Waals surface area contributed by atoms with Gasteiger partial charge in [-0.05, 0) is 13.8 Å². The number of nitrogens with one attached hydrogen (secondary N) is 1. The van der Waals surface area contributed by atoms with Crippen molar-refractivity contribution in [1.82, 2.24) is 9.97 Å². The van der Waals surface area contributed by atoms with E-state index < -0.39 is 11.9 Å². The molecule has 2 heterocycles. The molecule has 7 heteroatoms. The van der Waals surface area contributed by atoms with Gasteiger partial charge in [0, 0.05) is 18.7 Å². The molecular formula is C12H19N5O2. The van der Waals surface area contributed by atoms with Crippen LogP contribution in [-0.4, -0.2) is 48.2 Å². The standard InChI is InChI=1S/C12H19N5O2/c1-3-14-11-8(2)12(16-7-15-11)17-4-5-19-6-9(17)10(13)18/h7,9H,3-6H2,1-2H3,(H2,13,18)(H,14,15,16). The molecule has 0 saturated carbocycles. The molecule has 1 aromatic heterocycles. The molecule has 0 aliphatic carbocycles. The Kier molecular flexibility index (Phi) is 4.16. The van der Waals surface area contributed by atoms with Crippen LogP contribution < -0.4 is 16.0 Å². The Hall–Kier alpha value is -1.89. The minimum atomic E-state index is -0.475. The van der Waals surface area contributed by atoms with E-state index in [1.54, 1.807) is 0 Å². The Bertz CT molecular complexity index is 465. The van der Waals surface area contributed by atoms with Gasteiger partial charge in [0.25, 0.3) is 0 Å². The van der Waals surface area contributed by atoms with Crippen LogP contribution in [-0.2, 0) is 9.53 Å². The van der Waals surface area contributed by atoms with Gasteiger partial charge in [-0.3, -0.25) is 4.79 Å². The third-order valence-electron chi connectivity index (χ3n) is 3.13. The van der Waals surface area contributed by atoms with Crippen molar-refractivity contribution in [3.05, 3.63) is 11.9 Å². The average molecular weight is 265 g/mol. The first-order valence-electron chi connectivity index (χ1n) is 6.34. The number of carbonyl (C=O) groups excluding carboxylic acids is 1. The highest BCUT2D eigenvalue weighted by molar-refractivity contribution is 5.84. The molecular weight excluding hydrogens is 246 g/mol. The number of hydrogen-bond donors (Lipinski definition) is 2. The zero-order valence-electron chi connectivity index (χ0n) is 11.2. The molecule has 1 fully saturated rings. The van der Waals surface area contributed by atoms with Crippen molar-refractivity contribution < 1.29 is 9.53 Å². The van der Waals surface area contributed by atoms with Crippen molar-refractivity contribution in [2.24, 2.45) is 5.73 Å². The first-order chi connectivity index (χ1) is 9.15. The van der Waals surface area contributed by atoms with Gasteiger partial charge in [0.1, 0.15) is 24.0 Å². The zero-order chi connectivity index (χ0) is 13.8. The van der Waals surface area contributed by atoms with Crippen molar-refractivity contribution in [2.45, 2.75) is 19.9 Å². The van der Waals surface area contributed by atoms with Gasteiger partial charge >= 0.3 is 0 Å². The first-order valence-corrected chi connectivity index (χ1v) is 6.34. The fourth-order valence-electron chi connectivity index (χ4n) is 2.17. The number of hydrogen-bond acceptors (Lipinski definition) is 6. The summed E-state index contributed by atoms with van der Waals surface area (Å²) in [6.45, 7) is 6.17. The summed E-state index contributed by atoms with van der Waals surface area (Å²) in [4.78, 5) is 21.9. The maximum absolute atomic E-state index is 11.5. The highest BCUT2D eigenvalue weighted by Crippen LogP contribution is 2.25. The van der Waals surface area contributed by atoms with Crippen LogP contribution >= 0.6 is 0 Å². The van der Waals surface area contributed by atoms with Crippen LogP contribution in [0, 0.1) is 6.92 Å². The Morgan fingerprint density at radius 3 is 3.11 bits per heavy atom. The molecule has 0 bridgehead atoms. The van der Waals surface area contributed by atoms with E-state index in [1.807, 2.05) is 18.7 Å². The van der Waals surface area contributed by atoms with Gasteiger partial charge in [0.05, 0.1) is 13.2 Å². The highest BCUT2D eigenvalue weighted by Gasteiger charge is 2.30. The van der Waals surface area contributed by atoms with Crippen molar-refractivity contribution in [2.75, 3.05) is 36.5 Å². The summed E-state index contributed by atoms with van der Waals surface area (Å²) in [5, 5.41) is 3.17. The molecule has 1 atom stereocenters. The Labute approximate surface area is 112 Å². The minimum Gasteiger partial charge on any atom is -0.377 e. The molecule has 2 rings (SSSR count). The molecule has 104 valence electrons. The lowest BCUT2D eigenvalue weighted by Gasteiger charge is -2.35. The molecule has 1 amide bonds. The number of rotatable bonds is 4. The zero-order valence-corrected chi connectivity index (χ0v) is 11.2. The molecule has 3 N–H and O–H groups in total. The number of morpholine rings is 1. The van der Waals surface area contributed by atoms with Crippen LogP contribution in [0.25, 0.3) is 0 Å². The predicted octanol–water partition coefficient (Wildman–Crippen LogP) is -0.0927. The van der Waals surface area contributed by atoms with E-state index in [0.29, 0.717) is 19.8 Å². The predicted molar refractivity (Wildman–Crippen MR) is 72.1 cm³/mol. The Balaban J connectivity index is 2.33. The number of amides is 1. The lowest BCUT2D eigenvalue weighted by Crippen LogP contribution is -2.53. The van der Waals surface area contributed by atoms with Crippen LogP contribution in [0.15, 0.2) is 6.33 Å². The number of carbonyl (C=O) groups is 1. The number of nitrogens with two attached hydrogens (primary N) is 1. The van der Waals surface area contributed by atoms with Gasteiger partial charge in [0.2, 0.25) is 5.91 Å². The second kappa shape index (κ2) is 5.83. The number of anilines is 2. The lowest BCUT2D eigenvalue weighted by atomic mass is 10.2. The normalized spacial score (nSPS) is 19.3. The van der Waals surface area contributed by atoms with Crippen molar-refractivity contribution in [3.8, 4) is 0 Å². The van der Waals surface area contributed by atoms with Crippen LogP contribution in [0.2, 0.25) is 0 Å². The van der Waals surface area contributed by atoms with Gasteiger partial charge in [0.15, 0.2) is 0 Å². The molecule has 1 aliphatic rings. The summed E-state index contributed by atoms with van der Waals surface area (Å²) in [6, 6.07) is -0.475. The topological polar surface area (TPSA) is 93.4 Å². The minimum absolute atomic E-state index is 0.301. The molecule has 0 radical (unpaired) electrons. The van der Waals surface area contributed by atoms with E-state index in [1.165, 1.54) is 6.33 Å². The number of primary amides is 1. The number of ether oxygens (including phenoxy) is 1. The molecule has 7 nitrogen and oxygen atoms in total. The molecule has 1 saturated heterocycles. The maximum Gasteiger partial charge on any atom is 0.242 e. The highest BCUT2D eigenvalue weighted by atomic mass is 16.5. The van der Waals surface area contributed by atoms with Gasteiger partial charge in [-0.15, -0.1) is 0 Å². The van der Waals surface area contributed by atoms with Crippen LogP contribution in [0.1, 0.15) is 12.5 Å². The number of aromatic nitrogens is 2. The van der Waals surface area contributed by atoms with E-state index >= 15 is 0 Å². The summed E-state index contributed by atoms with van der Waals surface area (Å²) in [7, 11) is 0. The summed E-state index contributed by atoms with van der Waals surface area (Å²) in [5.41, 5.74) is 6.34. The molecule has 0 spiro atoms. The van der Waals surface area contributed by atoms with Crippen molar-refractivity contribution in [3.63, 3.8) is 0 Å². The maximum atomic E-state index is 11.5. The van der Waals surface area contributed by atoms with Crippen molar-refractivity contribution in [1.29, 1.82) is 0 Å². The van der Waals surface area contributed by atoms with Crippen LogP contribution in [0.4, 0.5) is 11.6 Å². The fourth-order valence-corrected chi connectivity index (χ4v) is 2.17. The molecule has 19 heavy (non-hydrogen) atoms. The van der Waals surface area contributed by atoms with Crippen molar-refractivity contribution >= 4 is 17.5 Å². The lowest BCUT2D eigenvalue weighted by molar-refractivity contribution is -0.121. The van der Waals surface area contributed by atoms with E-state index in [4.69, 9.17) is 10.5 Å². The molecule has 1 aromatic rings. The van der Waals surface area contributed by atoms with E-state index in [-0.39, 0.29) is 0 Å². The summed E-state index contributed by atoms with van der Waals surface area (Å²) in [5.74, 6) is 1.11. The Morgan fingerprint density at radius 1 is 1.63 bits per heavy atom. The van der Waals surface area contributed by atoms with Gasteiger partial charge in [-0.25, -0.2) is 9.97 Å². The largest absolute Gasteiger partial charge is 0.377 e. The monoisotopic (exact) mass is 265 g/mol. The SMILES string of the molecule is CCNc1ncnc(N2CCOCC2C(N)=O)c1C. The number of nitrogens with zero attached hydrogens (tertiary/aromatic N) is 3. The average Bonchev–Trinajstić information content (AvgIpc) is 2.41. The molecule has 1 unspecified atom stereocenters. The van der Waals surface area contributed by atoms with Gasteiger partial charge in [-0.1, -0.05) is 0 Å². The van der Waals surface area contributed by atoms with E-state index in [0.717, 1.165) is 23.7 Å². The van der Waals surface area contributed by atoms with Gasteiger partial charge in [-0.2, -0.15) is 0 Å². The third-order valence-corrected chi connectivity index (χ3v) is 3.13. The Morgan fingerprint density at radius 2 is 2.42 bits per heavy atom. The quantitative estimate of drug-likeness (QED) is 0.790. The summed E-state index contributed by atoms with van der Waals surface area (Å²) in [6.07, 6.45) is 1.49. The smallest absolute Gasteiger partial charge is 0.242 e. The second-order valence-electron chi connectivity index (χ2n) is 4.39. The summed E-state index contributed by atoms with van der Waals surface area (Å²) < 4.78 is 5.31. The molecule has 0 aromatic carbocycles. The summed E-state index contributed by atoms with van der Waals surface area (Å²) >= 11 is 0. The second-order valence-corrected chi connectivity index (χ2v) is 4.39. The fraction of sp³-hybridized carbons (Fsp3) is 0.583. The molecule has 1 aliphatic heterocycles. The first kappa shape index (κ1) is 13.5. The van der Waals surface area contributed by atoms with E-state index in [2.05, 4.69) is 15.3 Å². The van der Waals surface area contributed by atoms with Crippen LogP contribution in [0.3, 0.4) is 0 Å². The van der Waals surface area contributed by atoms with Gasteiger partial charge < -0.3 is 20.7 Å². The van der Waals surface area contributed by atoms with Crippen LogP contribution in [0.5, 0.6) is 0 Å². The third kappa shape index (κ3) is 2.76. The van der Waals surface area contributed by atoms with E-state index in [9.17, 15) is 4.79 Å².